The Morgan fingerprint density at radius 3 is 2.94 bits per heavy atom. The number of piperidine rings is 1. The molecule has 0 aromatic heterocycles. The number of para-hydroxylation sites is 1. The van der Waals surface area contributed by atoms with Crippen LogP contribution in [0.3, 0.4) is 0 Å². The first-order valence-electron chi connectivity index (χ1n) is 6.63. The van der Waals surface area contributed by atoms with Crippen LogP contribution in [0.1, 0.15) is 30.9 Å². The molecule has 3 heteroatoms. The fourth-order valence-electron chi connectivity index (χ4n) is 2.81. The lowest BCUT2D eigenvalue weighted by molar-refractivity contribution is 0.364. The smallest absolute Gasteiger partial charge is 0.101 e. The fraction of sp³-hybridized carbons (Fsp3) is 0.533. The van der Waals surface area contributed by atoms with E-state index in [-0.39, 0.29) is 6.04 Å². The third-order valence-corrected chi connectivity index (χ3v) is 3.88. The molecule has 2 unspecified atom stereocenters. The number of anilines is 1. The van der Waals surface area contributed by atoms with Crippen LogP contribution in [0.5, 0.6) is 0 Å². The molecule has 3 nitrogen and oxygen atoms in total. The second kappa shape index (κ2) is 5.41. The average molecular weight is 243 g/mol. The second-order valence-corrected chi connectivity index (χ2v) is 5.29. The van der Waals surface area contributed by atoms with Gasteiger partial charge in [0.25, 0.3) is 0 Å². The molecule has 0 aliphatic carbocycles. The lowest BCUT2D eigenvalue weighted by Gasteiger charge is -2.37. The van der Waals surface area contributed by atoms with E-state index < -0.39 is 0 Å². The Balaban J connectivity index is 2.29. The largest absolute Gasteiger partial charge is 0.370 e. The Bertz CT molecular complexity index is 459. The minimum Gasteiger partial charge on any atom is -0.370 e. The van der Waals surface area contributed by atoms with Gasteiger partial charge in [-0.3, -0.25) is 0 Å². The van der Waals surface area contributed by atoms with Crippen LogP contribution in [0.15, 0.2) is 18.2 Å². The van der Waals surface area contributed by atoms with Gasteiger partial charge in [0.2, 0.25) is 0 Å². The molecule has 2 rings (SSSR count). The highest BCUT2D eigenvalue weighted by Gasteiger charge is 2.24. The highest BCUT2D eigenvalue weighted by atomic mass is 15.1. The third kappa shape index (κ3) is 2.49. The number of benzene rings is 1. The van der Waals surface area contributed by atoms with Crippen LogP contribution >= 0.6 is 0 Å². The average Bonchev–Trinajstić information content (AvgIpc) is 2.38. The Morgan fingerprint density at radius 2 is 2.28 bits per heavy atom. The van der Waals surface area contributed by atoms with Crippen molar-refractivity contribution in [1.82, 2.24) is 0 Å². The molecule has 0 radical (unpaired) electrons. The van der Waals surface area contributed by atoms with Gasteiger partial charge in [0.05, 0.1) is 11.3 Å². The van der Waals surface area contributed by atoms with Crippen molar-refractivity contribution in [3.8, 4) is 6.07 Å². The van der Waals surface area contributed by atoms with Crippen molar-refractivity contribution < 1.29 is 0 Å². The zero-order valence-electron chi connectivity index (χ0n) is 11.2. The minimum atomic E-state index is 0.224. The van der Waals surface area contributed by atoms with Gasteiger partial charge in [-0.05, 0) is 44.2 Å². The van der Waals surface area contributed by atoms with Crippen LogP contribution in [0.2, 0.25) is 0 Å². The normalized spacial score (nSPS) is 21.4. The summed E-state index contributed by atoms with van der Waals surface area (Å²) in [6, 6.07) is 8.45. The Kier molecular flexibility index (Phi) is 3.88. The van der Waals surface area contributed by atoms with Crippen molar-refractivity contribution in [3.05, 3.63) is 29.3 Å². The molecule has 2 N–H and O–H groups in total. The van der Waals surface area contributed by atoms with Crippen LogP contribution in [-0.4, -0.2) is 19.1 Å². The van der Waals surface area contributed by atoms with Crippen LogP contribution in [-0.2, 0) is 0 Å². The number of hydrogen-bond acceptors (Lipinski definition) is 3. The summed E-state index contributed by atoms with van der Waals surface area (Å²) in [5.41, 5.74) is 9.08. The summed E-state index contributed by atoms with van der Waals surface area (Å²) in [5, 5.41) is 9.25. The first kappa shape index (κ1) is 12.9. The van der Waals surface area contributed by atoms with E-state index in [1.807, 2.05) is 12.1 Å². The summed E-state index contributed by atoms with van der Waals surface area (Å²) in [7, 11) is 0. The fourth-order valence-corrected chi connectivity index (χ4v) is 2.81. The summed E-state index contributed by atoms with van der Waals surface area (Å²) in [6.45, 7) is 6.16. The van der Waals surface area contributed by atoms with Gasteiger partial charge in [-0.1, -0.05) is 12.1 Å². The van der Waals surface area contributed by atoms with E-state index in [9.17, 15) is 5.26 Å². The molecule has 0 amide bonds. The number of aryl methyl sites for hydroxylation is 1. The Morgan fingerprint density at radius 1 is 1.50 bits per heavy atom. The molecule has 1 heterocycles. The maximum atomic E-state index is 9.25. The SMILES string of the molecule is Cc1cccc(C#N)c1N1CCCC(C(C)N)C1. The molecule has 1 fully saturated rings. The zero-order valence-corrected chi connectivity index (χ0v) is 11.2. The molecule has 0 spiro atoms. The minimum absolute atomic E-state index is 0.224. The van der Waals surface area contributed by atoms with Gasteiger partial charge in [-0.2, -0.15) is 5.26 Å². The Labute approximate surface area is 109 Å². The number of nitriles is 1. The van der Waals surface area contributed by atoms with Crippen molar-refractivity contribution in [2.45, 2.75) is 32.7 Å². The van der Waals surface area contributed by atoms with Crippen LogP contribution < -0.4 is 10.6 Å². The topological polar surface area (TPSA) is 53.0 Å². The highest BCUT2D eigenvalue weighted by molar-refractivity contribution is 5.64. The number of rotatable bonds is 2. The van der Waals surface area contributed by atoms with Gasteiger partial charge in [0, 0.05) is 19.1 Å². The van der Waals surface area contributed by atoms with Crippen LogP contribution in [0, 0.1) is 24.2 Å². The summed E-state index contributed by atoms with van der Waals surface area (Å²) in [5.74, 6) is 0.532. The van der Waals surface area contributed by atoms with Gasteiger partial charge in [0.15, 0.2) is 0 Å². The summed E-state index contributed by atoms with van der Waals surface area (Å²) < 4.78 is 0. The van der Waals surface area contributed by atoms with E-state index in [1.165, 1.54) is 12.0 Å². The molecular formula is C15H21N3. The molecule has 18 heavy (non-hydrogen) atoms. The van der Waals surface area contributed by atoms with E-state index in [0.717, 1.165) is 30.8 Å². The highest BCUT2D eigenvalue weighted by Crippen LogP contribution is 2.29. The molecule has 0 bridgehead atoms. The van der Waals surface area contributed by atoms with E-state index in [0.29, 0.717) is 5.92 Å². The van der Waals surface area contributed by atoms with Crippen LogP contribution in [0.4, 0.5) is 5.69 Å². The summed E-state index contributed by atoms with van der Waals surface area (Å²) in [4.78, 5) is 2.34. The predicted molar refractivity (Wildman–Crippen MR) is 74.5 cm³/mol. The van der Waals surface area contributed by atoms with Crippen molar-refractivity contribution in [2.24, 2.45) is 11.7 Å². The van der Waals surface area contributed by atoms with E-state index in [1.54, 1.807) is 0 Å². The van der Waals surface area contributed by atoms with E-state index in [4.69, 9.17) is 5.73 Å². The number of hydrogen-bond donors (Lipinski definition) is 1. The summed E-state index contributed by atoms with van der Waals surface area (Å²) in [6.07, 6.45) is 2.35. The van der Waals surface area contributed by atoms with E-state index in [2.05, 4.69) is 30.9 Å². The second-order valence-electron chi connectivity index (χ2n) is 5.29. The maximum absolute atomic E-state index is 9.25. The van der Waals surface area contributed by atoms with Crippen molar-refractivity contribution in [2.75, 3.05) is 18.0 Å². The maximum Gasteiger partial charge on any atom is 0.101 e. The van der Waals surface area contributed by atoms with Gasteiger partial charge >= 0.3 is 0 Å². The molecule has 1 saturated heterocycles. The van der Waals surface area contributed by atoms with Gasteiger partial charge in [0.1, 0.15) is 6.07 Å². The summed E-state index contributed by atoms with van der Waals surface area (Å²) >= 11 is 0. The molecule has 1 aromatic rings. The quantitative estimate of drug-likeness (QED) is 0.868. The molecule has 1 aliphatic heterocycles. The third-order valence-electron chi connectivity index (χ3n) is 3.88. The first-order chi connectivity index (χ1) is 8.63. The molecular weight excluding hydrogens is 222 g/mol. The monoisotopic (exact) mass is 243 g/mol. The van der Waals surface area contributed by atoms with Crippen molar-refractivity contribution in [1.29, 1.82) is 5.26 Å². The Hall–Kier alpha value is -1.53. The van der Waals surface area contributed by atoms with Crippen LogP contribution in [0.25, 0.3) is 0 Å². The predicted octanol–water partition coefficient (Wildman–Crippen LogP) is 2.43. The lowest BCUT2D eigenvalue weighted by atomic mass is 9.91. The van der Waals surface area contributed by atoms with Crippen molar-refractivity contribution >= 4 is 5.69 Å². The van der Waals surface area contributed by atoms with Gasteiger partial charge in [-0.15, -0.1) is 0 Å². The lowest BCUT2D eigenvalue weighted by Crippen LogP contribution is -2.42. The van der Waals surface area contributed by atoms with Crippen molar-refractivity contribution in [3.63, 3.8) is 0 Å². The molecule has 96 valence electrons. The van der Waals surface area contributed by atoms with E-state index >= 15 is 0 Å². The zero-order chi connectivity index (χ0) is 13.1. The number of nitrogens with two attached hydrogens (primary N) is 1. The molecule has 1 aliphatic rings. The van der Waals surface area contributed by atoms with Gasteiger partial charge < -0.3 is 10.6 Å². The molecule has 2 atom stereocenters. The first-order valence-corrected chi connectivity index (χ1v) is 6.63. The molecule has 0 saturated carbocycles. The molecule has 1 aromatic carbocycles. The number of nitrogens with zero attached hydrogens (tertiary/aromatic N) is 2. The van der Waals surface area contributed by atoms with Gasteiger partial charge in [-0.25, -0.2) is 0 Å². The standard InChI is InChI=1S/C15H21N3/c1-11-5-3-6-13(9-16)15(11)18-8-4-7-14(10-18)12(2)17/h3,5-6,12,14H,4,7-8,10,17H2,1-2H3.